The predicted molar refractivity (Wildman–Crippen MR) is 114 cm³/mol. The Kier molecular flexibility index (Phi) is 5.71. The van der Waals surface area contributed by atoms with Crippen molar-refractivity contribution in [3.63, 3.8) is 0 Å². The third-order valence-electron chi connectivity index (χ3n) is 6.47. The van der Waals surface area contributed by atoms with Crippen molar-refractivity contribution in [2.45, 2.75) is 76.9 Å². The molecule has 0 aromatic heterocycles. The molecule has 0 aliphatic heterocycles. The van der Waals surface area contributed by atoms with Gasteiger partial charge in [-0.1, -0.05) is 38.1 Å². The van der Waals surface area contributed by atoms with Crippen LogP contribution in [-0.4, -0.2) is 12.1 Å². The van der Waals surface area contributed by atoms with E-state index in [0.717, 1.165) is 18.1 Å². The molecule has 4 rings (SSSR count). The molecular weight excluding hydrogens is 330 g/mol. The first-order valence-electron chi connectivity index (χ1n) is 10.8. The Morgan fingerprint density at radius 3 is 2.30 bits per heavy atom. The quantitative estimate of drug-likeness (QED) is 0.573. The van der Waals surface area contributed by atoms with E-state index in [1.54, 1.807) is 0 Å². The van der Waals surface area contributed by atoms with Crippen LogP contribution in [0.15, 0.2) is 48.5 Å². The highest BCUT2D eigenvalue weighted by Gasteiger charge is 2.32. The second-order valence-corrected chi connectivity index (χ2v) is 8.61. The summed E-state index contributed by atoms with van der Waals surface area (Å²) < 4.78 is 6.13. The van der Waals surface area contributed by atoms with Crippen molar-refractivity contribution in [3.05, 3.63) is 59.7 Å². The van der Waals surface area contributed by atoms with Gasteiger partial charge >= 0.3 is 0 Å². The summed E-state index contributed by atoms with van der Waals surface area (Å²) in [5.41, 5.74) is 4.12. The number of anilines is 1. The SMILES string of the molecule is CCc1ccc(OC2CC(CC(C)c3ccc(NC4CCC4)cc3)C2)cc1. The summed E-state index contributed by atoms with van der Waals surface area (Å²) in [6, 6.07) is 18.4. The molecule has 2 nitrogen and oxygen atoms in total. The van der Waals surface area contributed by atoms with Gasteiger partial charge in [0.1, 0.15) is 5.75 Å². The standard InChI is InChI=1S/C25H33NO/c1-3-19-7-13-24(14-8-19)27-25-16-20(17-25)15-18(2)21-9-11-23(12-10-21)26-22-5-4-6-22/h7-14,18,20,22,25-26H,3-6,15-17H2,1-2H3. The van der Waals surface area contributed by atoms with Gasteiger partial charge in [0.2, 0.25) is 0 Å². The minimum Gasteiger partial charge on any atom is -0.490 e. The Morgan fingerprint density at radius 1 is 1.00 bits per heavy atom. The molecule has 2 fully saturated rings. The maximum absolute atomic E-state index is 6.13. The van der Waals surface area contributed by atoms with E-state index in [2.05, 4.69) is 67.7 Å². The van der Waals surface area contributed by atoms with Crippen molar-refractivity contribution in [1.29, 1.82) is 0 Å². The molecule has 0 heterocycles. The van der Waals surface area contributed by atoms with Gasteiger partial charge in [-0.05, 0) is 92.2 Å². The summed E-state index contributed by atoms with van der Waals surface area (Å²) >= 11 is 0. The summed E-state index contributed by atoms with van der Waals surface area (Å²) in [6.07, 6.45) is 9.18. The number of aryl methyl sites for hydroxylation is 1. The molecule has 2 aliphatic carbocycles. The van der Waals surface area contributed by atoms with Gasteiger partial charge in [-0.2, -0.15) is 0 Å². The lowest BCUT2D eigenvalue weighted by atomic mass is 9.75. The van der Waals surface area contributed by atoms with Crippen molar-refractivity contribution < 1.29 is 4.74 Å². The number of ether oxygens (including phenoxy) is 1. The van der Waals surface area contributed by atoms with E-state index in [0.29, 0.717) is 18.1 Å². The van der Waals surface area contributed by atoms with Crippen molar-refractivity contribution in [2.24, 2.45) is 5.92 Å². The molecule has 0 spiro atoms. The van der Waals surface area contributed by atoms with Gasteiger partial charge < -0.3 is 10.1 Å². The lowest BCUT2D eigenvalue weighted by molar-refractivity contribution is 0.0578. The number of benzene rings is 2. The summed E-state index contributed by atoms with van der Waals surface area (Å²) in [7, 11) is 0. The van der Waals surface area contributed by atoms with Gasteiger partial charge in [0, 0.05) is 11.7 Å². The van der Waals surface area contributed by atoms with Crippen molar-refractivity contribution in [3.8, 4) is 5.75 Å². The third-order valence-corrected chi connectivity index (χ3v) is 6.47. The molecule has 2 saturated carbocycles. The normalized spacial score (nSPS) is 23.2. The van der Waals surface area contributed by atoms with E-state index in [4.69, 9.17) is 4.74 Å². The van der Waals surface area contributed by atoms with Crippen LogP contribution in [0, 0.1) is 5.92 Å². The van der Waals surface area contributed by atoms with Crippen molar-refractivity contribution >= 4 is 5.69 Å². The molecule has 1 atom stereocenters. The maximum atomic E-state index is 6.13. The minimum atomic E-state index is 0.406. The van der Waals surface area contributed by atoms with Gasteiger partial charge in [0.25, 0.3) is 0 Å². The van der Waals surface area contributed by atoms with Crippen LogP contribution in [0.25, 0.3) is 0 Å². The fourth-order valence-corrected chi connectivity index (χ4v) is 4.29. The molecule has 2 heteroatoms. The Labute approximate surface area is 164 Å². The first kappa shape index (κ1) is 18.4. The van der Waals surface area contributed by atoms with Crippen LogP contribution in [0.4, 0.5) is 5.69 Å². The molecule has 2 aromatic carbocycles. The molecule has 0 amide bonds. The zero-order chi connectivity index (χ0) is 18.6. The molecule has 1 N–H and O–H groups in total. The Morgan fingerprint density at radius 2 is 1.70 bits per heavy atom. The number of nitrogens with one attached hydrogen (secondary N) is 1. The molecule has 1 unspecified atom stereocenters. The first-order valence-corrected chi connectivity index (χ1v) is 10.8. The molecule has 27 heavy (non-hydrogen) atoms. The van der Waals surface area contributed by atoms with Gasteiger partial charge in [-0.15, -0.1) is 0 Å². The van der Waals surface area contributed by atoms with Crippen LogP contribution >= 0.6 is 0 Å². The number of rotatable bonds is 8. The molecule has 144 valence electrons. The van der Waals surface area contributed by atoms with E-state index in [9.17, 15) is 0 Å². The van der Waals surface area contributed by atoms with Crippen LogP contribution in [0.1, 0.15) is 69.4 Å². The van der Waals surface area contributed by atoms with Crippen molar-refractivity contribution in [2.75, 3.05) is 5.32 Å². The summed E-state index contributed by atoms with van der Waals surface area (Å²) in [4.78, 5) is 0. The number of hydrogen-bond donors (Lipinski definition) is 1. The highest BCUT2D eigenvalue weighted by atomic mass is 16.5. The zero-order valence-corrected chi connectivity index (χ0v) is 16.8. The monoisotopic (exact) mass is 363 g/mol. The predicted octanol–water partition coefficient (Wildman–Crippen LogP) is 6.56. The minimum absolute atomic E-state index is 0.406. The fraction of sp³-hybridized carbons (Fsp3) is 0.520. The topological polar surface area (TPSA) is 21.3 Å². The van der Waals surface area contributed by atoms with Crippen LogP contribution < -0.4 is 10.1 Å². The average Bonchev–Trinajstić information content (AvgIpc) is 2.64. The molecule has 0 saturated heterocycles. The Hall–Kier alpha value is -1.96. The van der Waals surface area contributed by atoms with E-state index < -0.39 is 0 Å². The summed E-state index contributed by atoms with van der Waals surface area (Å²) in [5, 5.41) is 3.63. The maximum Gasteiger partial charge on any atom is 0.119 e. The molecular formula is C25H33NO. The largest absolute Gasteiger partial charge is 0.490 e. The molecule has 0 radical (unpaired) electrons. The van der Waals surface area contributed by atoms with Gasteiger partial charge in [0.05, 0.1) is 6.10 Å². The van der Waals surface area contributed by atoms with E-state index in [1.807, 2.05) is 0 Å². The van der Waals surface area contributed by atoms with Crippen LogP contribution in [-0.2, 0) is 6.42 Å². The number of hydrogen-bond acceptors (Lipinski definition) is 2. The second-order valence-electron chi connectivity index (χ2n) is 8.61. The first-order chi connectivity index (χ1) is 13.2. The van der Waals surface area contributed by atoms with E-state index >= 15 is 0 Å². The van der Waals surface area contributed by atoms with Crippen LogP contribution in [0.5, 0.6) is 5.75 Å². The zero-order valence-electron chi connectivity index (χ0n) is 16.8. The third kappa shape index (κ3) is 4.66. The molecule has 2 aliphatic rings. The summed E-state index contributed by atoms with van der Waals surface area (Å²) in [6.45, 7) is 4.55. The highest BCUT2D eigenvalue weighted by molar-refractivity contribution is 5.46. The second kappa shape index (κ2) is 8.37. The molecule has 0 bridgehead atoms. The van der Waals surface area contributed by atoms with Crippen molar-refractivity contribution in [1.82, 2.24) is 0 Å². The van der Waals surface area contributed by atoms with Gasteiger partial charge in [-0.3, -0.25) is 0 Å². The van der Waals surface area contributed by atoms with E-state index in [1.165, 1.54) is 55.3 Å². The van der Waals surface area contributed by atoms with Gasteiger partial charge in [-0.25, -0.2) is 0 Å². The molecule has 2 aromatic rings. The Bertz CT molecular complexity index is 711. The highest BCUT2D eigenvalue weighted by Crippen LogP contribution is 2.38. The van der Waals surface area contributed by atoms with Crippen LogP contribution in [0.2, 0.25) is 0 Å². The van der Waals surface area contributed by atoms with Crippen LogP contribution in [0.3, 0.4) is 0 Å². The average molecular weight is 364 g/mol. The fourth-order valence-electron chi connectivity index (χ4n) is 4.29. The summed E-state index contributed by atoms with van der Waals surface area (Å²) in [5.74, 6) is 2.45. The smallest absolute Gasteiger partial charge is 0.119 e. The van der Waals surface area contributed by atoms with E-state index in [-0.39, 0.29) is 0 Å². The Balaban J connectivity index is 1.20. The lowest BCUT2D eigenvalue weighted by Gasteiger charge is -2.37. The van der Waals surface area contributed by atoms with Gasteiger partial charge in [0.15, 0.2) is 0 Å². The lowest BCUT2D eigenvalue weighted by Crippen LogP contribution is -2.34.